The Hall–Kier alpha value is -3.21. The Bertz CT molecular complexity index is 923. The van der Waals surface area contributed by atoms with E-state index in [4.69, 9.17) is 5.26 Å². The monoisotopic (exact) mass is 387 g/mol. The Kier molecular flexibility index (Phi) is 6.04. The molecule has 28 heavy (non-hydrogen) atoms. The van der Waals surface area contributed by atoms with Crippen LogP contribution in [0.25, 0.3) is 0 Å². The highest BCUT2D eigenvalue weighted by Crippen LogP contribution is 2.24. The summed E-state index contributed by atoms with van der Waals surface area (Å²) < 4.78 is 41.0. The van der Waals surface area contributed by atoms with Gasteiger partial charge in [-0.1, -0.05) is 6.07 Å². The SMILES string of the molecule is CN=C(NCc1ccc(C#N)cc1F)NC1CCN(c2ccc(F)cc2F)C1. The molecule has 2 N–H and O–H groups in total. The third-order valence-electron chi connectivity index (χ3n) is 4.63. The molecule has 0 aliphatic carbocycles. The normalized spacial score (nSPS) is 16.8. The predicted molar refractivity (Wildman–Crippen MR) is 101 cm³/mol. The maximum atomic E-state index is 14.0. The summed E-state index contributed by atoms with van der Waals surface area (Å²) in [4.78, 5) is 5.98. The van der Waals surface area contributed by atoms with Crippen molar-refractivity contribution in [2.24, 2.45) is 4.99 Å². The zero-order valence-electron chi connectivity index (χ0n) is 15.3. The van der Waals surface area contributed by atoms with E-state index in [-0.39, 0.29) is 18.2 Å². The molecule has 0 aromatic heterocycles. The zero-order chi connectivity index (χ0) is 20.1. The third-order valence-corrected chi connectivity index (χ3v) is 4.63. The minimum atomic E-state index is -0.602. The topological polar surface area (TPSA) is 63.5 Å². The lowest BCUT2D eigenvalue weighted by Crippen LogP contribution is -2.44. The fourth-order valence-electron chi connectivity index (χ4n) is 3.16. The van der Waals surface area contributed by atoms with Crippen LogP contribution in [0.5, 0.6) is 0 Å². The lowest BCUT2D eigenvalue weighted by molar-refractivity contribution is 0.580. The van der Waals surface area contributed by atoms with E-state index in [1.54, 1.807) is 19.2 Å². The summed E-state index contributed by atoms with van der Waals surface area (Å²) >= 11 is 0. The number of hydrogen-bond donors (Lipinski definition) is 2. The summed E-state index contributed by atoms with van der Waals surface area (Å²) in [6, 6.07) is 9.78. The van der Waals surface area contributed by atoms with Gasteiger partial charge >= 0.3 is 0 Å². The molecule has 1 saturated heterocycles. The van der Waals surface area contributed by atoms with Crippen molar-refractivity contribution in [3.8, 4) is 6.07 Å². The van der Waals surface area contributed by atoms with E-state index in [0.29, 0.717) is 30.3 Å². The van der Waals surface area contributed by atoms with E-state index in [9.17, 15) is 13.2 Å². The fraction of sp³-hybridized carbons (Fsp3) is 0.300. The van der Waals surface area contributed by atoms with Crippen LogP contribution in [-0.2, 0) is 6.54 Å². The quantitative estimate of drug-likeness (QED) is 0.626. The maximum Gasteiger partial charge on any atom is 0.191 e. The van der Waals surface area contributed by atoms with Gasteiger partial charge in [0.15, 0.2) is 5.96 Å². The summed E-state index contributed by atoms with van der Waals surface area (Å²) in [7, 11) is 1.61. The maximum absolute atomic E-state index is 14.0. The van der Waals surface area contributed by atoms with Crippen LogP contribution in [0.2, 0.25) is 0 Å². The highest BCUT2D eigenvalue weighted by atomic mass is 19.1. The zero-order valence-corrected chi connectivity index (χ0v) is 15.3. The van der Waals surface area contributed by atoms with E-state index >= 15 is 0 Å². The van der Waals surface area contributed by atoms with E-state index in [2.05, 4.69) is 15.6 Å². The molecule has 1 atom stereocenters. The molecule has 5 nitrogen and oxygen atoms in total. The first-order chi connectivity index (χ1) is 13.5. The molecule has 0 spiro atoms. The number of nitriles is 1. The molecule has 3 rings (SSSR count). The van der Waals surface area contributed by atoms with Gasteiger partial charge in [0.05, 0.1) is 17.3 Å². The van der Waals surface area contributed by atoms with Gasteiger partial charge in [-0.3, -0.25) is 4.99 Å². The van der Waals surface area contributed by atoms with Crippen molar-refractivity contribution in [3.63, 3.8) is 0 Å². The first-order valence-corrected chi connectivity index (χ1v) is 8.86. The van der Waals surface area contributed by atoms with Gasteiger partial charge in [0.2, 0.25) is 0 Å². The van der Waals surface area contributed by atoms with Crippen LogP contribution in [0, 0.1) is 28.8 Å². The largest absolute Gasteiger partial charge is 0.367 e. The summed E-state index contributed by atoms with van der Waals surface area (Å²) in [5, 5.41) is 15.1. The second-order valence-corrected chi connectivity index (χ2v) is 6.52. The van der Waals surface area contributed by atoms with Gasteiger partial charge in [0.1, 0.15) is 17.5 Å². The molecule has 2 aromatic carbocycles. The Morgan fingerprint density at radius 3 is 2.71 bits per heavy atom. The van der Waals surface area contributed by atoms with Gasteiger partial charge in [0, 0.05) is 44.4 Å². The number of nitrogens with one attached hydrogen (secondary N) is 2. The van der Waals surface area contributed by atoms with Crippen molar-refractivity contribution < 1.29 is 13.2 Å². The minimum Gasteiger partial charge on any atom is -0.367 e. The van der Waals surface area contributed by atoms with Gasteiger partial charge in [-0.05, 0) is 30.7 Å². The first-order valence-electron chi connectivity index (χ1n) is 8.86. The number of guanidine groups is 1. The van der Waals surface area contributed by atoms with E-state index in [1.165, 1.54) is 18.2 Å². The van der Waals surface area contributed by atoms with Gasteiger partial charge in [-0.25, -0.2) is 13.2 Å². The lowest BCUT2D eigenvalue weighted by Gasteiger charge is -2.21. The first kappa shape index (κ1) is 19.5. The van der Waals surface area contributed by atoms with E-state index in [0.717, 1.165) is 12.5 Å². The number of halogens is 3. The molecule has 1 unspecified atom stereocenters. The molecule has 1 fully saturated rings. The van der Waals surface area contributed by atoms with Crippen molar-refractivity contribution in [2.75, 3.05) is 25.0 Å². The van der Waals surface area contributed by atoms with Crippen molar-refractivity contribution in [2.45, 2.75) is 19.0 Å². The summed E-state index contributed by atoms with van der Waals surface area (Å²) in [6.45, 7) is 1.37. The second-order valence-electron chi connectivity index (χ2n) is 6.52. The Labute approximate surface area is 161 Å². The molecule has 146 valence electrons. The number of aliphatic imine (C=N–C) groups is 1. The fourth-order valence-corrected chi connectivity index (χ4v) is 3.16. The average Bonchev–Trinajstić information content (AvgIpc) is 3.14. The third kappa shape index (κ3) is 4.55. The van der Waals surface area contributed by atoms with Crippen LogP contribution in [-0.4, -0.2) is 32.1 Å². The molecular weight excluding hydrogens is 367 g/mol. The molecule has 0 saturated carbocycles. The Morgan fingerprint density at radius 2 is 2.04 bits per heavy atom. The van der Waals surface area contributed by atoms with Crippen LogP contribution in [0.4, 0.5) is 18.9 Å². The van der Waals surface area contributed by atoms with Crippen LogP contribution in [0.15, 0.2) is 41.4 Å². The van der Waals surface area contributed by atoms with Crippen LogP contribution < -0.4 is 15.5 Å². The van der Waals surface area contributed by atoms with Gasteiger partial charge in [0.25, 0.3) is 0 Å². The summed E-state index contributed by atoms with van der Waals surface area (Å²) in [6.07, 6.45) is 0.753. The number of hydrogen-bond acceptors (Lipinski definition) is 3. The summed E-state index contributed by atoms with van der Waals surface area (Å²) in [5.41, 5.74) is 1.06. The Morgan fingerprint density at radius 1 is 1.21 bits per heavy atom. The van der Waals surface area contributed by atoms with Gasteiger partial charge in [-0.15, -0.1) is 0 Å². The number of rotatable bonds is 4. The smallest absolute Gasteiger partial charge is 0.191 e. The van der Waals surface area contributed by atoms with E-state index < -0.39 is 17.5 Å². The minimum absolute atomic E-state index is 0.0152. The highest BCUT2D eigenvalue weighted by Gasteiger charge is 2.25. The molecule has 0 radical (unpaired) electrons. The predicted octanol–water partition coefficient (Wildman–Crippen LogP) is 2.92. The van der Waals surface area contributed by atoms with Crippen LogP contribution in [0.1, 0.15) is 17.5 Å². The highest BCUT2D eigenvalue weighted by molar-refractivity contribution is 5.80. The Balaban J connectivity index is 1.56. The molecular formula is C20H20F3N5. The lowest BCUT2D eigenvalue weighted by atomic mass is 10.1. The molecule has 8 heteroatoms. The van der Waals surface area contributed by atoms with Crippen LogP contribution >= 0.6 is 0 Å². The van der Waals surface area contributed by atoms with Crippen LogP contribution in [0.3, 0.4) is 0 Å². The number of nitrogens with zero attached hydrogens (tertiary/aromatic N) is 3. The molecule has 0 amide bonds. The van der Waals surface area contributed by atoms with Crippen molar-refractivity contribution in [1.82, 2.24) is 10.6 Å². The van der Waals surface area contributed by atoms with Gasteiger partial charge in [-0.2, -0.15) is 5.26 Å². The summed E-state index contributed by atoms with van der Waals surface area (Å²) in [5.74, 6) is -1.15. The molecule has 1 heterocycles. The number of anilines is 1. The molecule has 1 aliphatic rings. The standard InChI is InChI=1S/C20H20F3N5/c1-25-20(26-11-14-3-2-13(10-24)8-17(14)22)27-16-6-7-28(12-16)19-5-4-15(21)9-18(19)23/h2-5,8-9,16H,6-7,11-12H2,1H3,(H2,25,26,27). The molecule has 0 bridgehead atoms. The van der Waals surface area contributed by atoms with Crippen molar-refractivity contribution in [1.29, 1.82) is 5.26 Å². The molecule has 1 aliphatic heterocycles. The van der Waals surface area contributed by atoms with Crippen molar-refractivity contribution in [3.05, 3.63) is 65.0 Å². The average molecular weight is 387 g/mol. The number of benzene rings is 2. The second kappa shape index (κ2) is 8.65. The molecule has 2 aromatic rings. The van der Waals surface area contributed by atoms with E-state index in [1.807, 2.05) is 11.0 Å². The van der Waals surface area contributed by atoms with Gasteiger partial charge < -0.3 is 15.5 Å². The van der Waals surface area contributed by atoms with Crippen molar-refractivity contribution >= 4 is 11.6 Å².